The maximum absolute atomic E-state index is 12.6. The van der Waals surface area contributed by atoms with Crippen LogP contribution in [0.2, 0.25) is 0 Å². The molecule has 0 aliphatic heterocycles. The van der Waals surface area contributed by atoms with Crippen LogP contribution in [0.15, 0.2) is 24.3 Å². The first-order valence-electron chi connectivity index (χ1n) is 21.8. The maximum atomic E-state index is 12.6. The first kappa shape index (κ1) is 49.6. The van der Waals surface area contributed by atoms with Gasteiger partial charge in [0.1, 0.15) is 13.2 Å². The molecule has 0 aromatic heterocycles. The van der Waals surface area contributed by atoms with Crippen LogP contribution < -0.4 is 10.6 Å². The van der Waals surface area contributed by atoms with Crippen molar-refractivity contribution in [2.75, 3.05) is 32.8 Å². The average molecular weight is 735 g/mol. The SMILES string of the molecule is CCCCCCCC/C=C\CCCCCCCC(=O)OCC(CNC(=O)OCCNCC)OC(=O)CCCCCCC/C=C\CCCCCCCC. The molecule has 0 aliphatic rings. The molecule has 8 heteroatoms. The van der Waals surface area contributed by atoms with E-state index in [1.165, 1.54) is 109 Å². The summed E-state index contributed by atoms with van der Waals surface area (Å²) in [5.74, 6) is -0.637. The first-order valence-corrected chi connectivity index (χ1v) is 21.8. The van der Waals surface area contributed by atoms with Gasteiger partial charge in [-0.1, -0.05) is 148 Å². The Morgan fingerprint density at radius 2 is 0.942 bits per heavy atom. The van der Waals surface area contributed by atoms with Crippen LogP contribution in [0.4, 0.5) is 4.79 Å². The Kier molecular flexibility index (Phi) is 39.5. The molecule has 0 saturated carbocycles. The largest absolute Gasteiger partial charge is 0.462 e. The van der Waals surface area contributed by atoms with Crippen molar-refractivity contribution in [2.45, 2.75) is 207 Å². The Bertz CT molecular complexity index is 862. The molecule has 0 rings (SSSR count). The van der Waals surface area contributed by atoms with Gasteiger partial charge in [0.2, 0.25) is 0 Å². The number of hydrogen-bond donors (Lipinski definition) is 2. The van der Waals surface area contributed by atoms with Crippen LogP contribution in [0.5, 0.6) is 0 Å². The van der Waals surface area contributed by atoms with E-state index in [9.17, 15) is 14.4 Å². The smallest absolute Gasteiger partial charge is 0.407 e. The molecule has 0 aromatic rings. The molecule has 0 spiro atoms. The Labute approximate surface area is 320 Å². The van der Waals surface area contributed by atoms with Crippen molar-refractivity contribution in [1.29, 1.82) is 0 Å². The van der Waals surface area contributed by atoms with Gasteiger partial charge in [-0.05, 0) is 70.8 Å². The number of alkyl carbamates (subject to hydrolysis) is 1. The topological polar surface area (TPSA) is 103 Å². The fourth-order valence-corrected chi connectivity index (χ4v) is 5.96. The molecule has 0 heterocycles. The number of allylic oxidation sites excluding steroid dienone is 4. The zero-order valence-electron chi connectivity index (χ0n) is 34.2. The lowest BCUT2D eigenvalue weighted by Crippen LogP contribution is -2.39. The molecule has 0 fully saturated rings. The van der Waals surface area contributed by atoms with Gasteiger partial charge in [0.25, 0.3) is 0 Å². The van der Waals surface area contributed by atoms with Crippen LogP contribution in [0.3, 0.4) is 0 Å². The van der Waals surface area contributed by atoms with Gasteiger partial charge in [-0.3, -0.25) is 9.59 Å². The third-order valence-corrected chi connectivity index (χ3v) is 9.25. The summed E-state index contributed by atoms with van der Waals surface area (Å²) in [5.41, 5.74) is 0. The number of ether oxygens (including phenoxy) is 3. The molecule has 52 heavy (non-hydrogen) atoms. The summed E-state index contributed by atoms with van der Waals surface area (Å²) in [6.45, 7) is 8.03. The molecule has 0 aliphatic carbocycles. The molecule has 0 saturated heterocycles. The second-order valence-electron chi connectivity index (χ2n) is 14.3. The average Bonchev–Trinajstić information content (AvgIpc) is 3.14. The number of hydrogen-bond acceptors (Lipinski definition) is 7. The van der Waals surface area contributed by atoms with E-state index in [1.54, 1.807) is 0 Å². The van der Waals surface area contributed by atoms with E-state index in [2.05, 4.69) is 48.8 Å². The van der Waals surface area contributed by atoms with E-state index in [-0.39, 0.29) is 31.7 Å². The molecule has 2 N–H and O–H groups in total. The van der Waals surface area contributed by atoms with Gasteiger partial charge in [-0.25, -0.2) is 4.79 Å². The van der Waals surface area contributed by atoms with E-state index in [0.29, 0.717) is 19.4 Å². The highest BCUT2D eigenvalue weighted by Gasteiger charge is 2.18. The van der Waals surface area contributed by atoms with Crippen molar-refractivity contribution in [2.24, 2.45) is 0 Å². The van der Waals surface area contributed by atoms with Gasteiger partial charge >= 0.3 is 18.0 Å². The third kappa shape index (κ3) is 38.9. The molecule has 1 amide bonds. The number of likely N-dealkylation sites (N-methyl/N-ethyl adjacent to an activating group) is 1. The van der Waals surface area contributed by atoms with Gasteiger partial charge in [-0.2, -0.15) is 0 Å². The van der Waals surface area contributed by atoms with E-state index in [1.807, 2.05) is 6.92 Å². The minimum absolute atomic E-state index is 0.0266. The van der Waals surface area contributed by atoms with Crippen LogP contribution in [0, 0.1) is 0 Å². The summed E-state index contributed by atoms with van der Waals surface area (Å²) < 4.78 is 16.3. The highest BCUT2D eigenvalue weighted by Crippen LogP contribution is 2.13. The van der Waals surface area contributed by atoms with Gasteiger partial charge in [0.05, 0.1) is 6.54 Å². The summed E-state index contributed by atoms with van der Waals surface area (Å²) in [6, 6.07) is 0. The predicted octanol–water partition coefficient (Wildman–Crippen LogP) is 11.9. The number of amides is 1. The fourth-order valence-electron chi connectivity index (χ4n) is 5.96. The lowest BCUT2D eigenvalue weighted by molar-refractivity contribution is -0.158. The van der Waals surface area contributed by atoms with E-state index in [4.69, 9.17) is 14.2 Å². The molecule has 0 radical (unpaired) electrons. The highest BCUT2D eigenvalue weighted by molar-refractivity contribution is 5.70. The molecule has 1 unspecified atom stereocenters. The normalized spacial score (nSPS) is 12.1. The lowest BCUT2D eigenvalue weighted by Gasteiger charge is -2.19. The maximum Gasteiger partial charge on any atom is 0.407 e. The monoisotopic (exact) mass is 735 g/mol. The van der Waals surface area contributed by atoms with Gasteiger partial charge in [-0.15, -0.1) is 0 Å². The minimum Gasteiger partial charge on any atom is -0.462 e. The van der Waals surface area contributed by atoms with E-state index >= 15 is 0 Å². The van der Waals surface area contributed by atoms with Gasteiger partial charge in [0.15, 0.2) is 6.10 Å². The highest BCUT2D eigenvalue weighted by atomic mass is 16.6. The summed E-state index contributed by atoms with van der Waals surface area (Å²) >= 11 is 0. The number of unbranched alkanes of at least 4 members (excludes halogenated alkanes) is 22. The summed E-state index contributed by atoms with van der Waals surface area (Å²) in [7, 11) is 0. The molecule has 304 valence electrons. The number of esters is 2. The third-order valence-electron chi connectivity index (χ3n) is 9.25. The Hall–Kier alpha value is -2.35. The van der Waals surface area contributed by atoms with Crippen LogP contribution in [-0.4, -0.2) is 57.0 Å². The number of nitrogens with one attached hydrogen (secondary N) is 2. The Balaban J connectivity index is 4.20. The minimum atomic E-state index is -0.755. The second-order valence-corrected chi connectivity index (χ2v) is 14.3. The fraction of sp³-hybridized carbons (Fsp3) is 0.841. The second kappa shape index (κ2) is 41.4. The van der Waals surface area contributed by atoms with Crippen LogP contribution in [0.1, 0.15) is 201 Å². The van der Waals surface area contributed by atoms with E-state index in [0.717, 1.165) is 64.3 Å². The predicted molar refractivity (Wildman–Crippen MR) is 218 cm³/mol. The Morgan fingerprint density at radius 3 is 1.40 bits per heavy atom. The summed E-state index contributed by atoms with van der Waals surface area (Å²) in [4.78, 5) is 37.2. The quantitative estimate of drug-likeness (QED) is 0.0280. The van der Waals surface area contributed by atoms with Crippen molar-refractivity contribution < 1.29 is 28.6 Å². The van der Waals surface area contributed by atoms with Crippen molar-refractivity contribution in [1.82, 2.24) is 10.6 Å². The van der Waals surface area contributed by atoms with Gasteiger partial charge in [0, 0.05) is 19.4 Å². The molecule has 0 aromatic carbocycles. The molecule has 8 nitrogen and oxygen atoms in total. The number of carbonyl (C=O) groups excluding carboxylic acids is 3. The molecule has 1 atom stereocenters. The molecular weight excluding hydrogens is 652 g/mol. The Morgan fingerprint density at radius 1 is 0.519 bits per heavy atom. The van der Waals surface area contributed by atoms with Gasteiger partial charge < -0.3 is 24.8 Å². The van der Waals surface area contributed by atoms with Crippen LogP contribution in [0.25, 0.3) is 0 Å². The van der Waals surface area contributed by atoms with Crippen molar-refractivity contribution >= 4 is 18.0 Å². The van der Waals surface area contributed by atoms with Crippen LogP contribution >= 0.6 is 0 Å². The van der Waals surface area contributed by atoms with Crippen molar-refractivity contribution in [3.63, 3.8) is 0 Å². The lowest BCUT2D eigenvalue weighted by atomic mass is 10.1. The standard InChI is InChI=1S/C44H82N2O6/c1-4-7-9-11-13-15-17-19-21-23-25-27-29-31-33-35-42(47)51-40-41(39-46-44(49)50-38-37-45-6-3)52-43(48)36-34-32-30-28-26-24-22-20-18-16-14-12-10-8-5-2/h19-22,41,45H,4-18,23-40H2,1-3H3,(H,46,49)/b21-19-,22-20-. The first-order chi connectivity index (χ1) is 25.5. The zero-order valence-corrected chi connectivity index (χ0v) is 34.2. The number of carbonyl (C=O) groups is 3. The number of rotatable bonds is 39. The molecule has 0 bridgehead atoms. The van der Waals surface area contributed by atoms with E-state index < -0.39 is 12.2 Å². The molecular formula is C44H82N2O6. The summed E-state index contributed by atoms with van der Waals surface area (Å²) in [5, 5.41) is 5.73. The van der Waals surface area contributed by atoms with Crippen molar-refractivity contribution in [3.8, 4) is 0 Å². The van der Waals surface area contributed by atoms with Crippen LogP contribution in [-0.2, 0) is 23.8 Å². The summed E-state index contributed by atoms with van der Waals surface area (Å²) in [6.07, 6.45) is 39.8. The zero-order chi connectivity index (χ0) is 38.0. The van der Waals surface area contributed by atoms with Crippen molar-refractivity contribution in [3.05, 3.63) is 24.3 Å².